The highest BCUT2D eigenvalue weighted by molar-refractivity contribution is 5.90. The van der Waals surface area contributed by atoms with E-state index in [4.69, 9.17) is 24.4 Å². The summed E-state index contributed by atoms with van der Waals surface area (Å²) in [5.74, 6) is -2.09. The van der Waals surface area contributed by atoms with Gasteiger partial charge in [-0.05, 0) is 120 Å². The number of carbonyl (C=O) groups excluding carboxylic acids is 10. The molecule has 0 aromatic carbocycles. The Hall–Kier alpha value is -5.20. The number of hydrogen-bond donors (Lipinski definition) is 3. The summed E-state index contributed by atoms with van der Waals surface area (Å²) < 4.78 is 18.7. The molecule has 476 valence electrons. The van der Waals surface area contributed by atoms with Gasteiger partial charge in [-0.1, -0.05) is 76.2 Å². The van der Waals surface area contributed by atoms with Crippen LogP contribution in [0, 0.1) is 88.8 Å². The number of ether oxygens (including phenoxy) is 4. The smallest absolute Gasteiger partial charge is 0.322 e. The van der Waals surface area contributed by atoms with Gasteiger partial charge in [-0.3, -0.25) is 52.7 Å². The maximum absolute atomic E-state index is 11.6. The van der Waals surface area contributed by atoms with Gasteiger partial charge < -0.3 is 39.3 Å². The number of Topliss-reactive ketones (excluding diaryl/α,β-unsaturated/α-hetero) is 6. The predicted molar refractivity (Wildman–Crippen MR) is 313 cm³/mol. The molecule has 0 bridgehead atoms. The fraction of sp³-hybridized carbons (Fsp3) is 0.812. The van der Waals surface area contributed by atoms with Gasteiger partial charge in [0, 0.05) is 74.2 Å². The second-order valence-corrected chi connectivity index (χ2v) is 23.6. The molecule has 0 aromatic heterocycles. The van der Waals surface area contributed by atoms with Crippen LogP contribution >= 0.6 is 0 Å². The molecule has 5 aliphatic carbocycles. The number of nitrogens with one attached hydrogen (secondary N) is 1. The van der Waals surface area contributed by atoms with Gasteiger partial charge in [0.05, 0.1) is 58.0 Å². The fourth-order valence-electron chi connectivity index (χ4n) is 12.9. The Balaban J connectivity index is 0.000000958. The molecule has 1 aliphatic heterocycles. The van der Waals surface area contributed by atoms with E-state index in [-0.39, 0.29) is 124 Å². The Morgan fingerprint density at radius 2 is 0.554 bits per heavy atom. The molecule has 83 heavy (non-hydrogen) atoms. The quantitative estimate of drug-likeness (QED) is 0.0901. The number of carbonyl (C=O) groups is 12. The van der Waals surface area contributed by atoms with Crippen LogP contribution in [0.3, 0.4) is 0 Å². The van der Waals surface area contributed by atoms with E-state index in [9.17, 15) is 57.5 Å². The lowest BCUT2D eigenvalue weighted by Gasteiger charge is -2.18. The van der Waals surface area contributed by atoms with Crippen LogP contribution in [0.25, 0.3) is 0 Å². The lowest BCUT2D eigenvalue weighted by Crippen LogP contribution is -2.34. The van der Waals surface area contributed by atoms with E-state index in [0.717, 1.165) is 64.2 Å². The molecule has 0 aromatic rings. The number of methoxy groups -OCH3 is 4. The minimum atomic E-state index is -0.809. The van der Waals surface area contributed by atoms with Crippen molar-refractivity contribution in [1.29, 1.82) is 0 Å². The number of esters is 4. The average Bonchev–Trinajstić information content (AvgIpc) is 4.53. The Kier molecular flexibility index (Phi) is 37.7. The third-order valence-corrected chi connectivity index (χ3v) is 18.0. The lowest BCUT2D eigenvalue weighted by atomic mass is 9.85. The summed E-state index contributed by atoms with van der Waals surface area (Å²) in [6.45, 7) is 24.7. The Bertz CT molecular complexity index is 1950. The zero-order valence-electron chi connectivity index (χ0n) is 53.5. The molecular formula is C64H107NO18. The number of carboxylic acid groups (broad SMARTS) is 2. The first-order valence-electron chi connectivity index (χ1n) is 30.7. The van der Waals surface area contributed by atoms with E-state index in [0.29, 0.717) is 75.2 Å². The van der Waals surface area contributed by atoms with Crippen molar-refractivity contribution in [1.82, 2.24) is 5.32 Å². The molecule has 6 fully saturated rings. The van der Waals surface area contributed by atoms with Gasteiger partial charge in [-0.2, -0.15) is 0 Å². The molecule has 5 saturated carbocycles. The van der Waals surface area contributed by atoms with Gasteiger partial charge in [0.25, 0.3) is 0 Å². The molecule has 1 heterocycles. The van der Waals surface area contributed by atoms with Crippen molar-refractivity contribution in [3.63, 3.8) is 0 Å². The van der Waals surface area contributed by atoms with E-state index in [1.807, 2.05) is 62.3 Å². The molecule has 0 radical (unpaired) electrons. The number of hydrogen-bond acceptors (Lipinski definition) is 17. The van der Waals surface area contributed by atoms with Crippen LogP contribution in [0.5, 0.6) is 0 Å². The average molecular weight is 1180 g/mol. The third-order valence-electron chi connectivity index (χ3n) is 18.0. The number of aliphatic carboxylic acids is 2. The maximum atomic E-state index is 11.6. The molecule has 19 nitrogen and oxygen atoms in total. The maximum Gasteiger partial charge on any atom is 0.322 e. The summed E-state index contributed by atoms with van der Waals surface area (Å²) in [5, 5.41) is 20.9. The first-order valence-corrected chi connectivity index (χ1v) is 30.7. The predicted octanol–water partition coefficient (Wildman–Crippen LogP) is 10.1. The largest absolute Gasteiger partial charge is 0.481 e. The minimum Gasteiger partial charge on any atom is -0.481 e. The number of carboxylic acids is 2. The fourth-order valence-corrected chi connectivity index (χ4v) is 12.9. The highest BCUT2D eigenvalue weighted by Gasteiger charge is 2.46. The standard InChI is InChI=1S/3C11H18O3.2C10H16O3.C7H13NO2.C4H8O/c3*1-4-9(12)10-7(2)5-6-8(10)11(13)14-3;2*1-3-8(11)9-6(2)4-5-7(9)10(12)13;1-5-3-4-6(8-5)7(9)10-2;1-3-4(2)5/h3*7-8,10H,4-6H2,1-3H3;2*6-7,9H,3-5H2,1-2H3,(H,12,13);5-6,8H,3-4H2,1-2H3;3H2,1-2H3/t7?,8-,10?;7-,8+,10?;7-,8-,10?;6-,7+,9?;6-,7-,9?;5?,6-;/m101010./s1. The molecule has 19 heteroatoms. The summed E-state index contributed by atoms with van der Waals surface area (Å²) in [6, 6.07) is 0.407. The van der Waals surface area contributed by atoms with E-state index >= 15 is 0 Å². The molecule has 7 unspecified atom stereocenters. The summed E-state index contributed by atoms with van der Waals surface area (Å²) >= 11 is 0. The molecule has 3 N–H and O–H groups in total. The molecule has 0 amide bonds. The van der Waals surface area contributed by atoms with Crippen molar-refractivity contribution in [2.24, 2.45) is 88.8 Å². The molecular weight excluding hydrogens is 1070 g/mol. The van der Waals surface area contributed by atoms with Crippen molar-refractivity contribution in [3.8, 4) is 0 Å². The van der Waals surface area contributed by atoms with Gasteiger partial charge in [0.2, 0.25) is 0 Å². The number of rotatable bonds is 17. The van der Waals surface area contributed by atoms with E-state index in [2.05, 4.69) is 17.0 Å². The van der Waals surface area contributed by atoms with E-state index in [1.54, 1.807) is 20.8 Å². The van der Waals surface area contributed by atoms with Crippen LogP contribution < -0.4 is 5.32 Å². The summed E-state index contributed by atoms with van der Waals surface area (Å²) in [6.07, 6.45) is 13.4. The van der Waals surface area contributed by atoms with Crippen LogP contribution in [0.4, 0.5) is 0 Å². The van der Waals surface area contributed by atoms with Crippen molar-refractivity contribution >= 4 is 70.5 Å². The van der Waals surface area contributed by atoms with Crippen LogP contribution in [-0.4, -0.2) is 121 Å². The monoisotopic (exact) mass is 1180 g/mol. The van der Waals surface area contributed by atoms with Crippen molar-refractivity contribution < 1.29 is 86.7 Å². The topological polar surface area (TPSA) is 294 Å². The van der Waals surface area contributed by atoms with Crippen LogP contribution in [0.2, 0.25) is 0 Å². The van der Waals surface area contributed by atoms with Gasteiger partial charge in [0.1, 0.15) is 40.7 Å². The first kappa shape index (κ1) is 77.8. The lowest BCUT2D eigenvalue weighted by molar-refractivity contribution is -0.149. The third kappa shape index (κ3) is 24.4. The minimum absolute atomic E-state index is 0.0556. The molecule has 1 saturated heterocycles. The Morgan fingerprint density at radius 3 is 0.723 bits per heavy atom. The highest BCUT2D eigenvalue weighted by Crippen LogP contribution is 2.42. The van der Waals surface area contributed by atoms with Crippen LogP contribution in [0.1, 0.15) is 206 Å². The van der Waals surface area contributed by atoms with E-state index < -0.39 is 23.8 Å². The number of ketones is 6. The van der Waals surface area contributed by atoms with Gasteiger partial charge >= 0.3 is 35.8 Å². The van der Waals surface area contributed by atoms with Gasteiger partial charge in [0.15, 0.2) is 0 Å². The first-order chi connectivity index (χ1) is 39.0. The molecule has 6 rings (SSSR count). The highest BCUT2D eigenvalue weighted by atomic mass is 16.5. The summed E-state index contributed by atoms with van der Waals surface area (Å²) in [7, 11) is 5.59. The van der Waals surface area contributed by atoms with Crippen molar-refractivity contribution in [2.75, 3.05) is 28.4 Å². The molecule has 6 aliphatic rings. The molecule has 17 atom stereocenters. The Morgan fingerprint density at radius 1 is 0.337 bits per heavy atom. The Labute approximate surface area is 495 Å². The van der Waals surface area contributed by atoms with Crippen molar-refractivity contribution in [2.45, 2.75) is 218 Å². The van der Waals surface area contributed by atoms with Crippen LogP contribution in [0.15, 0.2) is 0 Å². The SMILES string of the molecule is CCC(=O)C1C(C)CC[C@H]1C(=O)OC.CCC(=O)C1[C@@H](C)CC[C@H]1C(=O)O.CCC(=O)C1[C@@H](C)CC[C@H]1C(=O)OC.CCC(=O)C1[C@H](C)CC[C@H]1C(=O)O.CCC(=O)C1[C@H](C)CC[C@H]1C(=O)OC.CCC(C)=O.COC(=O)[C@@H]1CCC(C)N1. The summed E-state index contributed by atoms with van der Waals surface area (Å²) in [4.78, 5) is 134. The van der Waals surface area contributed by atoms with E-state index in [1.165, 1.54) is 28.4 Å². The zero-order valence-corrected chi connectivity index (χ0v) is 53.5. The second-order valence-electron chi connectivity index (χ2n) is 23.6. The second kappa shape index (κ2) is 40.2. The van der Waals surface area contributed by atoms with Gasteiger partial charge in [-0.15, -0.1) is 0 Å². The summed E-state index contributed by atoms with van der Waals surface area (Å²) in [5.41, 5.74) is 0. The van der Waals surface area contributed by atoms with Crippen LogP contribution in [-0.2, 0) is 76.5 Å². The van der Waals surface area contributed by atoms with Gasteiger partial charge in [-0.25, -0.2) is 0 Å². The normalized spacial score (nSPS) is 30.7. The molecule has 0 spiro atoms. The zero-order chi connectivity index (χ0) is 64.0. The van der Waals surface area contributed by atoms with Crippen molar-refractivity contribution in [3.05, 3.63) is 0 Å².